The van der Waals surface area contributed by atoms with Crippen LogP contribution in [0.4, 0.5) is 0 Å². The number of nitrogens with one attached hydrogen (secondary N) is 2. The summed E-state index contributed by atoms with van der Waals surface area (Å²) in [6.07, 6.45) is 4.48. The van der Waals surface area contributed by atoms with Crippen molar-refractivity contribution in [2.24, 2.45) is 0 Å². The Morgan fingerprint density at radius 3 is 2.67 bits per heavy atom. The summed E-state index contributed by atoms with van der Waals surface area (Å²) >= 11 is 0. The summed E-state index contributed by atoms with van der Waals surface area (Å²) in [4.78, 5) is 11.9. The minimum absolute atomic E-state index is 0.101. The van der Waals surface area contributed by atoms with Gasteiger partial charge in [0.25, 0.3) is 0 Å². The number of amides is 1. The number of carbonyl (C=O) groups is 1. The van der Waals surface area contributed by atoms with Crippen LogP contribution in [0.3, 0.4) is 0 Å². The Kier molecular flexibility index (Phi) is 4.76. The van der Waals surface area contributed by atoms with Gasteiger partial charge >= 0.3 is 0 Å². The molecule has 0 aliphatic heterocycles. The Labute approximate surface area is 109 Å². The van der Waals surface area contributed by atoms with Crippen molar-refractivity contribution in [3.63, 3.8) is 0 Å². The standard InChI is InChI=1S/C15H22N2O/c1-2-6-14(12-7-4-3-5-8-12)17-15(18)11-16-13-9-10-13/h3-5,7-8,13-14,16H,2,6,9-11H2,1H3,(H,17,18). The van der Waals surface area contributed by atoms with Gasteiger partial charge in [0.15, 0.2) is 0 Å². The Morgan fingerprint density at radius 2 is 2.06 bits per heavy atom. The highest BCUT2D eigenvalue weighted by molar-refractivity contribution is 5.78. The molecule has 0 heterocycles. The Bertz CT molecular complexity index is 373. The van der Waals surface area contributed by atoms with Crippen molar-refractivity contribution in [3.8, 4) is 0 Å². The van der Waals surface area contributed by atoms with Gasteiger partial charge in [-0.3, -0.25) is 4.79 Å². The summed E-state index contributed by atoms with van der Waals surface area (Å²) in [5, 5.41) is 6.36. The van der Waals surface area contributed by atoms with Crippen LogP contribution in [0.25, 0.3) is 0 Å². The van der Waals surface area contributed by atoms with E-state index >= 15 is 0 Å². The van der Waals surface area contributed by atoms with E-state index in [0.29, 0.717) is 12.6 Å². The molecule has 1 aromatic rings. The molecule has 1 aromatic carbocycles. The van der Waals surface area contributed by atoms with E-state index < -0.39 is 0 Å². The molecule has 0 spiro atoms. The third kappa shape index (κ3) is 4.15. The lowest BCUT2D eigenvalue weighted by atomic mass is 10.0. The van der Waals surface area contributed by atoms with Crippen molar-refractivity contribution in [2.75, 3.05) is 6.54 Å². The van der Waals surface area contributed by atoms with E-state index in [4.69, 9.17) is 0 Å². The minimum atomic E-state index is 0.101. The molecule has 1 unspecified atom stereocenters. The van der Waals surface area contributed by atoms with Gasteiger partial charge in [-0.05, 0) is 24.8 Å². The van der Waals surface area contributed by atoms with Crippen LogP contribution < -0.4 is 10.6 Å². The van der Waals surface area contributed by atoms with Gasteiger partial charge in [0.1, 0.15) is 0 Å². The van der Waals surface area contributed by atoms with Gasteiger partial charge in [-0.15, -0.1) is 0 Å². The number of hydrogen-bond donors (Lipinski definition) is 2. The highest BCUT2D eigenvalue weighted by Gasteiger charge is 2.21. The van der Waals surface area contributed by atoms with E-state index in [1.54, 1.807) is 0 Å². The fourth-order valence-corrected chi connectivity index (χ4v) is 2.07. The zero-order valence-electron chi connectivity index (χ0n) is 11.0. The van der Waals surface area contributed by atoms with E-state index in [-0.39, 0.29) is 11.9 Å². The maximum Gasteiger partial charge on any atom is 0.234 e. The second kappa shape index (κ2) is 6.55. The van der Waals surface area contributed by atoms with Crippen LogP contribution in [-0.2, 0) is 4.79 Å². The molecule has 1 aliphatic rings. The fraction of sp³-hybridized carbons (Fsp3) is 0.533. The average molecular weight is 246 g/mol. The van der Waals surface area contributed by atoms with Crippen LogP contribution in [0, 0.1) is 0 Å². The van der Waals surface area contributed by atoms with E-state index in [0.717, 1.165) is 12.8 Å². The highest BCUT2D eigenvalue weighted by Crippen LogP contribution is 2.19. The number of benzene rings is 1. The third-order valence-corrected chi connectivity index (χ3v) is 3.24. The predicted octanol–water partition coefficient (Wildman–Crippen LogP) is 2.40. The second-order valence-corrected chi connectivity index (χ2v) is 4.97. The number of rotatable bonds is 7. The van der Waals surface area contributed by atoms with Gasteiger partial charge in [-0.1, -0.05) is 43.7 Å². The maximum absolute atomic E-state index is 11.9. The second-order valence-electron chi connectivity index (χ2n) is 4.97. The van der Waals surface area contributed by atoms with Crippen molar-refractivity contribution in [3.05, 3.63) is 35.9 Å². The summed E-state index contributed by atoms with van der Waals surface area (Å²) in [5.74, 6) is 0.101. The van der Waals surface area contributed by atoms with Crippen molar-refractivity contribution in [1.29, 1.82) is 0 Å². The zero-order chi connectivity index (χ0) is 12.8. The Balaban J connectivity index is 1.86. The molecule has 0 saturated heterocycles. The molecule has 18 heavy (non-hydrogen) atoms. The monoisotopic (exact) mass is 246 g/mol. The maximum atomic E-state index is 11.9. The summed E-state index contributed by atoms with van der Waals surface area (Å²) in [7, 11) is 0. The first-order chi connectivity index (χ1) is 8.79. The van der Waals surface area contributed by atoms with Gasteiger partial charge in [0.05, 0.1) is 12.6 Å². The average Bonchev–Trinajstić information content (AvgIpc) is 3.21. The molecule has 98 valence electrons. The topological polar surface area (TPSA) is 41.1 Å². The molecule has 1 aliphatic carbocycles. The molecular formula is C15H22N2O. The lowest BCUT2D eigenvalue weighted by Crippen LogP contribution is -2.37. The normalized spacial score (nSPS) is 16.3. The van der Waals surface area contributed by atoms with Crippen molar-refractivity contribution >= 4 is 5.91 Å². The third-order valence-electron chi connectivity index (χ3n) is 3.24. The summed E-state index contributed by atoms with van der Waals surface area (Å²) in [6.45, 7) is 2.59. The van der Waals surface area contributed by atoms with Crippen LogP contribution in [0.2, 0.25) is 0 Å². The molecule has 1 amide bonds. The SMILES string of the molecule is CCCC(NC(=O)CNC1CC1)c1ccccc1. The minimum Gasteiger partial charge on any atom is -0.348 e. The first kappa shape index (κ1) is 13.1. The quantitative estimate of drug-likeness (QED) is 0.775. The molecule has 1 saturated carbocycles. The van der Waals surface area contributed by atoms with E-state index in [1.165, 1.54) is 18.4 Å². The fourth-order valence-electron chi connectivity index (χ4n) is 2.07. The van der Waals surface area contributed by atoms with Crippen LogP contribution in [0.15, 0.2) is 30.3 Å². The van der Waals surface area contributed by atoms with E-state index in [9.17, 15) is 4.79 Å². The van der Waals surface area contributed by atoms with Crippen LogP contribution in [0.1, 0.15) is 44.2 Å². The molecule has 0 aromatic heterocycles. The van der Waals surface area contributed by atoms with Crippen molar-refractivity contribution in [1.82, 2.24) is 10.6 Å². The molecule has 2 rings (SSSR count). The number of carbonyl (C=O) groups excluding carboxylic acids is 1. The van der Waals surface area contributed by atoms with E-state index in [1.807, 2.05) is 18.2 Å². The zero-order valence-corrected chi connectivity index (χ0v) is 11.0. The number of hydrogen-bond acceptors (Lipinski definition) is 2. The molecule has 1 fully saturated rings. The van der Waals surface area contributed by atoms with Gasteiger partial charge in [0.2, 0.25) is 5.91 Å². The molecule has 2 N–H and O–H groups in total. The first-order valence-corrected chi connectivity index (χ1v) is 6.87. The lowest BCUT2D eigenvalue weighted by Gasteiger charge is -2.18. The van der Waals surface area contributed by atoms with Gasteiger partial charge in [0, 0.05) is 6.04 Å². The van der Waals surface area contributed by atoms with Crippen LogP contribution >= 0.6 is 0 Å². The van der Waals surface area contributed by atoms with Crippen molar-refractivity contribution < 1.29 is 4.79 Å². The largest absolute Gasteiger partial charge is 0.348 e. The molecule has 0 bridgehead atoms. The molecular weight excluding hydrogens is 224 g/mol. The lowest BCUT2D eigenvalue weighted by molar-refractivity contribution is -0.121. The molecule has 3 nitrogen and oxygen atoms in total. The molecule has 3 heteroatoms. The van der Waals surface area contributed by atoms with Crippen LogP contribution in [0.5, 0.6) is 0 Å². The Morgan fingerprint density at radius 1 is 1.33 bits per heavy atom. The van der Waals surface area contributed by atoms with Gasteiger partial charge in [-0.25, -0.2) is 0 Å². The van der Waals surface area contributed by atoms with Gasteiger partial charge < -0.3 is 10.6 Å². The van der Waals surface area contributed by atoms with Crippen molar-refractivity contribution in [2.45, 2.75) is 44.7 Å². The highest BCUT2D eigenvalue weighted by atomic mass is 16.2. The molecule has 0 radical (unpaired) electrons. The predicted molar refractivity (Wildman–Crippen MR) is 73.3 cm³/mol. The molecule has 1 atom stereocenters. The summed E-state index contributed by atoms with van der Waals surface area (Å²) in [6, 6.07) is 10.9. The van der Waals surface area contributed by atoms with Gasteiger partial charge in [-0.2, -0.15) is 0 Å². The summed E-state index contributed by atoms with van der Waals surface area (Å²) < 4.78 is 0. The Hall–Kier alpha value is -1.35. The smallest absolute Gasteiger partial charge is 0.234 e. The van der Waals surface area contributed by atoms with Crippen LogP contribution in [-0.4, -0.2) is 18.5 Å². The van der Waals surface area contributed by atoms with E-state index in [2.05, 4.69) is 29.7 Å². The first-order valence-electron chi connectivity index (χ1n) is 6.87. The summed E-state index contributed by atoms with van der Waals surface area (Å²) in [5.41, 5.74) is 1.19.